The Hall–Kier alpha value is -1.49. The summed E-state index contributed by atoms with van der Waals surface area (Å²) in [5.74, 6) is 0. The molecule has 0 amide bonds. The zero-order valence-electron chi connectivity index (χ0n) is 6.12. The van der Waals surface area contributed by atoms with Crippen molar-refractivity contribution < 1.29 is 0 Å². The fraction of sp³-hybridized carbons (Fsp3) is 0.222. The molecule has 0 N–H and O–H groups in total. The SMILES string of the molecule is C#CN1Cc2ccncc2C1. The Kier molecular flexibility index (Phi) is 1.29. The molecule has 0 aliphatic carbocycles. The van der Waals surface area contributed by atoms with E-state index in [1.54, 1.807) is 6.20 Å². The van der Waals surface area contributed by atoms with E-state index in [4.69, 9.17) is 6.42 Å². The lowest BCUT2D eigenvalue weighted by atomic mass is 10.2. The van der Waals surface area contributed by atoms with Gasteiger partial charge in [0, 0.05) is 18.4 Å². The molecule has 0 aromatic carbocycles. The van der Waals surface area contributed by atoms with Crippen molar-refractivity contribution in [2.75, 3.05) is 0 Å². The van der Waals surface area contributed by atoms with E-state index in [2.05, 4.69) is 11.0 Å². The Morgan fingerprint density at radius 3 is 3.00 bits per heavy atom. The summed E-state index contributed by atoms with van der Waals surface area (Å²) in [4.78, 5) is 5.97. The average molecular weight is 144 g/mol. The van der Waals surface area contributed by atoms with Crippen LogP contribution in [0.15, 0.2) is 18.5 Å². The van der Waals surface area contributed by atoms with Crippen LogP contribution in [0.2, 0.25) is 0 Å². The quantitative estimate of drug-likeness (QED) is 0.505. The molecule has 0 radical (unpaired) electrons. The summed E-state index contributed by atoms with van der Waals surface area (Å²) in [6.45, 7) is 1.72. The van der Waals surface area contributed by atoms with Crippen molar-refractivity contribution in [1.29, 1.82) is 0 Å². The van der Waals surface area contributed by atoms with E-state index >= 15 is 0 Å². The highest BCUT2D eigenvalue weighted by Crippen LogP contribution is 2.19. The lowest BCUT2D eigenvalue weighted by molar-refractivity contribution is 0.425. The largest absolute Gasteiger partial charge is 0.324 e. The second kappa shape index (κ2) is 2.28. The van der Waals surface area contributed by atoms with Gasteiger partial charge >= 0.3 is 0 Å². The van der Waals surface area contributed by atoms with Crippen molar-refractivity contribution in [3.05, 3.63) is 29.6 Å². The van der Waals surface area contributed by atoms with Crippen molar-refractivity contribution in [2.45, 2.75) is 13.1 Å². The van der Waals surface area contributed by atoms with Crippen LogP contribution >= 0.6 is 0 Å². The number of hydrogen-bond acceptors (Lipinski definition) is 2. The van der Waals surface area contributed by atoms with Crippen LogP contribution in [0, 0.1) is 12.5 Å². The summed E-state index contributed by atoms with van der Waals surface area (Å²) < 4.78 is 0. The number of rotatable bonds is 0. The van der Waals surface area contributed by atoms with Gasteiger partial charge in [-0.05, 0) is 17.2 Å². The standard InChI is InChI=1S/C9H8N2/c1-2-11-6-8-3-4-10-5-9(8)7-11/h1,3-5H,6-7H2. The summed E-state index contributed by atoms with van der Waals surface area (Å²) in [6.07, 6.45) is 8.95. The molecule has 0 atom stereocenters. The van der Waals surface area contributed by atoms with E-state index < -0.39 is 0 Å². The first-order valence-electron chi connectivity index (χ1n) is 3.53. The van der Waals surface area contributed by atoms with Gasteiger partial charge in [0.1, 0.15) is 0 Å². The maximum absolute atomic E-state index is 5.27. The molecule has 11 heavy (non-hydrogen) atoms. The molecule has 2 heterocycles. The van der Waals surface area contributed by atoms with Crippen molar-refractivity contribution in [3.63, 3.8) is 0 Å². The molecular formula is C9H8N2. The third-order valence-electron chi connectivity index (χ3n) is 1.91. The van der Waals surface area contributed by atoms with Crippen molar-refractivity contribution in [3.8, 4) is 12.5 Å². The highest BCUT2D eigenvalue weighted by atomic mass is 15.1. The van der Waals surface area contributed by atoms with Crippen LogP contribution in [0.1, 0.15) is 11.1 Å². The minimum Gasteiger partial charge on any atom is -0.324 e. The van der Waals surface area contributed by atoms with Crippen LogP contribution in [0.25, 0.3) is 0 Å². The Bertz CT molecular complexity index is 287. The third kappa shape index (κ3) is 0.947. The number of nitrogens with zero attached hydrogens (tertiary/aromatic N) is 2. The molecule has 1 aromatic heterocycles. The van der Waals surface area contributed by atoms with Crippen molar-refractivity contribution in [1.82, 2.24) is 9.88 Å². The minimum absolute atomic E-state index is 0.847. The van der Waals surface area contributed by atoms with Gasteiger partial charge in [-0.1, -0.05) is 6.42 Å². The van der Waals surface area contributed by atoms with Crippen molar-refractivity contribution >= 4 is 0 Å². The fourth-order valence-electron chi connectivity index (χ4n) is 1.31. The molecular weight excluding hydrogens is 136 g/mol. The Balaban J connectivity index is 2.35. The van der Waals surface area contributed by atoms with Gasteiger partial charge in [-0.2, -0.15) is 0 Å². The second-order valence-electron chi connectivity index (χ2n) is 2.63. The number of terminal acetylenes is 1. The zero-order chi connectivity index (χ0) is 7.68. The zero-order valence-corrected chi connectivity index (χ0v) is 6.12. The molecule has 1 aliphatic rings. The van der Waals surface area contributed by atoms with Gasteiger partial charge in [-0.25, -0.2) is 0 Å². The molecule has 0 saturated heterocycles. The van der Waals surface area contributed by atoms with E-state index in [0.29, 0.717) is 0 Å². The Morgan fingerprint density at radius 2 is 2.27 bits per heavy atom. The Labute approximate surface area is 65.9 Å². The molecule has 2 nitrogen and oxygen atoms in total. The maximum Gasteiger partial charge on any atom is 0.0533 e. The lowest BCUT2D eigenvalue weighted by Gasteiger charge is -2.04. The molecule has 1 aromatic rings. The lowest BCUT2D eigenvalue weighted by Crippen LogP contribution is -2.06. The second-order valence-corrected chi connectivity index (χ2v) is 2.63. The molecule has 2 rings (SSSR count). The van der Waals surface area contributed by atoms with Crippen LogP contribution < -0.4 is 0 Å². The predicted molar refractivity (Wildman–Crippen MR) is 42.3 cm³/mol. The van der Waals surface area contributed by atoms with Gasteiger partial charge in [-0.15, -0.1) is 0 Å². The summed E-state index contributed by atoms with van der Waals surface area (Å²) >= 11 is 0. The van der Waals surface area contributed by atoms with Gasteiger partial charge in [-0.3, -0.25) is 4.98 Å². The van der Waals surface area contributed by atoms with E-state index in [0.717, 1.165) is 13.1 Å². The molecule has 1 aliphatic heterocycles. The number of hydrogen-bond donors (Lipinski definition) is 0. The van der Waals surface area contributed by atoms with Crippen LogP contribution in [0.4, 0.5) is 0 Å². The van der Waals surface area contributed by atoms with E-state index in [1.165, 1.54) is 11.1 Å². The minimum atomic E-state index is 0.847. The summed E-state index contributed by atoms with van der Waals surface area (Å²) in [5, 5.41) is 0. The molecule has 54 valence electrons. The maximum atomic E-state index is 5.27. The fourth-order valence-corrected chi connectivity index (χ4v) is 1.31. The molecule has 0 spiro atoms. The van der Waals surface area contributed by atoms with Gasteiger partial charge in [0.25, 0.3) is 0 Å². The van der Waals surface area contributed by atoms with Crippen molar-refractivity contribution in [2.24, 2.45) is 0 Å². The first-order valence-corrected chi connectivity index (χ1v) is 3.53. The average Bonchev–Trinajstić information content (AvgIpc) is 2.46. The highest BCUT2D eigenvalue weighted by molar-refractivity contribution is 5.28. The molecule has 2 heteroatoms. The number of pyridine rings is 1. The van der Waals surface area contributed by atoms with E-state index in [1.807, 2.05) is 17.2 Å². The first kappa shape index (κ1) is 6.23. The number of fused-ring (bicyclic) bond motifs is 1. The molecule has 0 saturated carbocycles. The van der Waals surface area contributed by atoms with Gasteiger partial charge in [0.2, 0.25) is 0 Å². The summed E-state index contributed by atoms with van der Waals surface area (Å²) in [7, 11) is 0. The van der Waals surface area contributed by atoms with Crippen LogP contribution in [0.5, 0.6) is 0 Å². The predicted octanol–water partition coefficient (Wildman–Crippen LogP) is 0.988. The van der Waals surface area contributed by atoms with E-state index in [-0.39, 0.29) is 0 Å². The summed E-state index contributed by atoms with van der Waals surface area (Å²) in [5.41, 5.74) is 2.56. The topological polar surface area (TPSA) is 16.1 Å². The number of aromatic nitrogens is 1. The highest BCUT2D eigenvalue weighted by Gasteiger charge is 2.14. The Morgan fingerprint density at radius 1 is 1.45 bits per heavy atom. The van der Waals surface area contributed by atoms with Crippen LogP contribution in [-0.2, 0) is 13.1 Å². The van der Waals surface area contributed by atoms with Gasteiger partial charge in [0.05, 0.1) is 13.1 Å². The molecule has 0 bridgehead atoms. The summed E-state index contributed by atoms with van der Waals surface area (Å²) in [6, 6.07) is 4.64. The molecule has 0 fully saturated rings. The third-order valence-corrected chi connectivity index (χ3v) is 1.91. The van der Waals surface area contributed by atoms with Crippen LogP contribution in [-0.4, -0.2) is 9.88 Å². The van der Waals surface area contributed by atoms with Gasteiger partial charge < -0.3 is 4.90 Å². The van der Waals surface area contributed by atoms with E-state index in [9.17, 15) is 0 Å². The van der Waals surface area contributed by atoms with Crippen LogP contribution in [0.3, 0.4) is 0 Å². The smallest absolute Gasteiger partial charge is 0.0533 e. The molecule has 0 unspecified atom stereocenters. The first-order chi connectivity index (χ1) is 5.40. The monoisotopic (exact) mass is 144 g/mol. The normalized spacial score (nSPS) is 14.3. The van der Waals surface area contributed by atoms with Gasteiger partial charge in [0.15, 0.2) is 0 Å².